The second-order valence-electron chi connectivity index (χ2n) is 6.20. The number of nitrogens with zero attached hydrogens (tertiary/aromatic N) is 3. The van der Waals surface area contributed by atoms with Gasteiger partial charge in [-0.1, -0.05) is 30.3 Å². The Morgan fingerprint density at radius 3 is 2.61 bits per heavy atom. The number of ether oxygens (including phenoxy) is 1. The van der Waals surface area contributed by atoms with Crippen LogP contribution in [0, 0.1) is 11.3 Å². The van der Waals surface area contributed by atoms with Crippen molar-refractivity contribution in [3.8, 4) is 17.3 Å². The molecule has 2 heterocycles. The molecule has 0 aliphatic carbocycles. The van der Waals surface area contributed by atoms with Gasteiger partial charge in [-0.3, -0.25) is 4.98 Å². The number of para-hydroxylation sites is 1. The fraction of sp³-hybridized carbons (Fsp3) is 0.0435. The second-order valence-corrected chi connectivity index (χ2v) is 6.20. The topological polar surface area (TPSA) is 75.9 Å². The number of carbonyl (C=O) groups is 1. The number of pyridine rings is 2. The largest absolute Gasteiger partial charge is 0.457 e. The summed E-state index contributed by atoms with van der Waals surface area (Å²) in [6.07, 6.45) is 3.40. The van der Waals surface area contributed by atoms with Crippen molar-refractivity contribution in [3.63, 3.8) is 0 Å². The summed E-state index contributed by atoms with van der Waals surface area (Å²) >= 11 is 0. The first-order chi connectivity index (χ1) is 13.7. The molecule has 0 bridgehead atoms. The van der Waals surface area contributed by atoms with Gasteiger partial charge in [0.15, 0.2) is 0 Å². The van der Waals surface area contributed by atoms with E-state index in [-0.39, 0.29) is 6.61 Å². The smallest absolute Gasteiger partial charge is 0.339 e. The second kappa shape index (κ2) is 7.68. The molecule has 0 unspecified atom stereocenters. The minimum atomic E-state index is -0.423. The molecule has 0 aliphatic rings. The molecule has 0 saturated carbocycles. The highest BCUT2D eigenvalue weighted by Gasteiger charge is 2.15. The first-order valence-electron chi connectivity index (χ1n) is 8.71. The quantitative estimate of drug-likeness (QED) is 0.497. The van der Waals surface area contributed by atoms with Crippen LogP contribution in [-0.4, -0.2) is 15.9 Å². The van der Waals surface area contributed by atoms with Gasteiger partial charge in [-0.05, 0) is 42.0 Å². The number of fused-ring (bicyclic) bond motifs is 1. The Hall–Kier alpha value is -4.04. The molecule has 0 saturated heterocycles. The predicted molar refractivity (Wildman–Crippen MR) is 105 cm³/mol. The molecule has 0 radical (unpaired) electrons. The van der Waals surface area contributed by atoms with Crippen molar-refractivity contribution in [1.29, 1.82) is 5.26 Å². The van der Waals surface area contributed by atoms with Crippen LogP contribution in [0.2, 0.25) is 0 Å². The van der Waals surface area contributed by atoms with Crippen LogP contribution in [0.25, 0.3) is 22.2 Å². The summed E-state index contributed by atoms with van der Waals surface area (Å²) in [6, 6.07) is 22.0. The third-order valence-corrected chi connectivity index (χ3v) is 4.35. The van der Waals surface area contributed by atoms with Gasteiger partial charge in [0.05, 0.1) is 28.4 Å². The molecule has 5 heteroatoms. The lowest BCUT2D eigenvalue weighted by Gasteiger charge is -2.10. The maximum Gasteiger partial charge on any atom is 0.339 e. The zero-order valence-corrected chi connectivity index (χ0v) is 14.9. The van der Waals surface area contributed by atoms with Crippen molar-refractivity contribution in [2.45, 2.75) is 6.61 Å². The normalized spacial score (nSPS) is 10.4. The molecule has 2 aromatic heterocycles. The average molecular weight is 365 g/mol. The van der Waals surface area contributed by atoms with Gasteiger partial charge < -0.3 is 4.74 Å². The Morgan fingerprint density at radius 1 is 1.04 bits per heavy atom. The van der Waals surface area contributed by atoms with Crippen LogP contribution >= 0.6 is 0 Å². The molecule has 134 valence electrons. The summed E-state index contributed by atoms with van der Waals surface area (Å²) < 4.78 is 5.52. The van der Waals surface area contributed by atoms with Crippen LogP contribution in [0.5, 0.6) is 0 Å². The Balaban J connectivity index is 1.66. The van der Waals surface area contributed by atoms with E-state index in [0.29, 0.717) is 22.3 Å². The van der Waals surface area contributed by atoms with E-state index in [2.05, 4.69) is 16.0 Å². The molecule has 0 amide bonds. The van der Waals surface area contributed by atoms with E-state index in [9.17, 15) is 4.79 Å². The van der Waals surface area contributed by atoms with Crippen molar-refractivity contribution in [1.82, 2.24) is 9.97 Å². The molecular weight excluding hydrogens is 350 g/mol. The number of carbonyl (C=O) groups excluding carboxylic acids is 1. The van der Waals surface area contributed by atoms with E-state index >= 15 is 0 Å². The van der Waals surface area contributed by atoms with Gasteiger partial charge in [-0.15, -0.1) is 0 Å². The average Bonchev–Trinajstić information content (AvgIpc) is 2.77. The van der Waals surface area contributed by atoms with Gasteiger partial charge >= 0.3 is 5.97 Å². The summed E-state index contributed by atoms with van der Waals surface area (Å²) in [7, 11) is 0. The SMILES string of the molecule is N#Cc1ccc(COC(=O)c2cc(-c3cccnc3)nc3ccccc23)cc1. The summed E-state index contributed by atoms with van der Waals surface area (Å²) in [5.41, 5.74) is 4.05. The molecule has 5 nitrogen and oxygen atoms in total. The summed E-state index contributed by atoms with van der Waals surface area (Å²) in [6.45, 7) is 0.128. The first kappa shape index (κ1) is 17.4. The number of hydrogen-bond acceptors (Lipinski definition) is 5. The third-order valence-electron chi connectivity index (χ3n) is 4.35. The van der Waals surface area contributed by atoms with Crippen LogP contribution in [0.4, 0.5) is 0 Å². The van der Waals surface area contributed by atoms with Crippen LogP contribution in [0.15, 0.2) is 79.1 Å². The van der Waals surface area contributed by atoms with Crippen molar-refractivity contribution in [3.05, 3.63) is 95.8 Å². The summed E-state index contributed by atoms with van der Waals surface area (Å²) in [5, 5.41) is 9.61. The van der Waals surface area contributed by atoms with Crippen molar-refractivity contribution < 1.29 is 9.53 Å². The lowest BCUT2D eigenvalue weighted by molar-refractivity contribution is 0.0475. The summed E-state index contributed by atoms with van der Waals surface area (Å²) in [4.78, 5) is 21.6. The molecule has 4 rings (SSSR count). The Bertz CT molecular complexity index is 1180. The van der Waals surface area contributed by atoms with E-state index < -0.39 is 5.97 Å². The van der Waals surface area contributed by atoms with Crippen molar-refractivity contribution in [2.75, 3.05) is 0 Å². The fourth-order valence-electron chi connectivity index (χ4n) is 2.91. The van der Waals surface area contributed by atoms with Gasteiger partial charge in [-0.25, -0.2) is 9.78 Å². The summed E-state index contributed by atoms with van der Waals surface area (Å²) in [5.74, 6) is -0.423. The molecule has 0 aliphatic heterocycles. The van der Waals surface area contributed by atoms with E-state index in [1.807, 2.05) is 36.4 Å². The van der Waals surface area contributed by atoms with Crippen LogP contribution in [0.1, 0.15) is 21.5 Å². The van der Waals surface area contributed by atoms with Crippen LogP contribution in [0.3, 0.4) is 0 Å². The lowest BCUT2D eigenvalue weighted by Crippen LogP contribution is -2.07. The predicted octanol–water partition coefficient (Wildman–Crippen LogP) is 4.53. The number of rotatable bonds is 4. The van der Waals surface area contributed by atoms with Gasteiger partial charge in [-0.2, -0.15) is 5.26 Å². The van der Waals surface area contributed by atoms with Gasteiger partial charge in [0.1, 0.15) is 6.61 Å². The first-order valence-corrected chi connectivity index (χ1v) is 8.71. The molecule has 0 fully saturated rings. The van der Waals surface area contributed by atoms with Crippen LogP contribution in [-0.2, 0) is 11.3 Å². The highest BCUT2D eigenvalue weighted by Crippen LogP contribution is 2.25. The van der Waals surface area contributed by atoms with Gasteiger partial charge in [0, 0.05) is 23.3 Å². The Labute approximate surface area is 161 Å². The molecular formula is C23H15N3O2. The maximum absolute atomic E-state index is 12.8. The zero-order valence-electron chi connectivity index (χ0n) is 14.9. The van der Waals surface area contributed by atoms with Crippen molar-refractivity contribution in [2.24, 2.45) is 0 Å². The fourth-order valence-corrected chi connectivity index (χ4v) is 2.91. The minimum absolute atomic E-state index is 0.128. The molecule has 2 aromatic carbocycles. The number of aromatic nitrogens is 2. The third kappa shape index (κ3) is 3.57. The number of hydrogen-bond donors (Lipinski definition) is 0. The highest BCUT2D eigenvalue weighted by molar-refractivity contribution is 6.04. The van der Waals surface area contributed by atoms with Crippen molar-refractivity contribution >= 4 is 16.9 Å². The van der Waals surface area contributed by atoms with Gasteiger partial charge in [0.25, 0.3) is 0 Å². The number of nitriles is 1. The van der Waals surface area contributed by atoms with Gasteiger partial charge in [0.2, 0.25) is 0 Å². The van der Waals surface area contributed by atoms with Crippen LogP contribution < -0.4 is 0 Å². The molecule has 0 atom stereocenters. The standard InChI is InChI=1S/C23H15N3O2/c24-13-16-7-9-17(10-8-16)15-28-23(27)20-12-22(18-4-3-11-25-14-18)26-21-6-2-1-5-19(20)21/h1-12,14H,15H2. The molecule has 4 aromatic rings. The molecule has 28 heavy (non-hydrogen) atoms. The Kier molecular flexibility index (Phi) is 4.77. The Morgan fingerprint density at radius 2 is 1.86 bits per heavy atom. The molecule has 0 spiro atoms. The van der Waals surface area contributed by atoms with E-state index in [1.54, 1.807) is 42.7 Å². The number of esters is 1. The maximum atomic E-state index is 12.8. The van der Waals surface area contributed by atoms with E-state index in [1.165, 1.54) is 0 Å². The monoisotopic (exact) mass is 365 g/mol. The zero-order chi connectivity index (χ0) is 19.3. The van der Waals surface area contributed by atoms with E-state index in [4.69, 9.17) is 10.00 Å². The minimum Gasteiger partial charge on any atom is -0.457 e. The molecule has 0 N–H and O–H groups in total. The highest BCUT2D eigenvalue weighted by atomic mass is 16.5. The van der Waals surface area contributed by atoms with E-state index in [0.717, 1.165) is 16.5 Å². The number of benzene rings is 2. The lowest BCUT2D eigenvalue weighted by atomic mass is 10.1.